The van der Waals surface area contributed by atoms with E-state index in [2.05, 4.69) is 0 Å². The lowest BCUT2D eigenvalue weighted by molar-refractivity contribution is -0.152. The van der Waals surface area contributed by atoms with E-state index in [1.165, 1.54) is 12.0 Å². The second-order valence-electron chi connectivity index (χ2n) is 6.01. The summed E-state index contributed by atoms with van der Waals surface area (Å²) in [7, 11) is 1.33. The molecule has 0 aromatic heterocycles. The maximum atomic E-state index is 12.1. The second kappa shape index (κ2) is 7.11. The molecular formula is C15H25NO5. The molecule has 6 nitrogen and oxygen atoms in total. The summed E-state index contributed by atoms with van der Waals surface area (Å²) in [5.74, 6) is 0.718. The van der Waals surface area contributed by atoms with Crippen molar-refractivity contribution in [1.29, 1.82) is 0 Å². The predicted molar refractivity (Wildman–Crippen MR) is 75.6 cm³/mol. The lowest BCUT2D eigenvalue weighted by atomic mass is 9.69. The van der Waals surface area contributed by atoms with Gasteiger partial charge in [0.1, 0.15) is 6.04 Å². The Labute approximate surface area is 125 Å². The number of fused-ring (bicyclic) bond motifs is 1. The molecule has 2 fully saturated rings. The lowest BCUT2D eigenvalue weighted by Crippen LogP contribution is -2.55. The highest BCUT2D eigenvalue weighted by atomic mass is 16.6. The fraction of sp³-hybridized carbons (Fsp3) is 0.867. The topological polar surface area (TPSA) is 76.1 Å². The van der Waals surface area contributed by atoms with Crippen molar-refractivity contribution in [3.05, 3.63) is 0 Å². The number of aliphatic hydroxyl groups excluding tert-OH is 1. The Bertz CT molecular complexity index is 386. The van der Waals surface area contributed by atoms with Crippen LogP contribution in [0.3, 0.4) is 0 Å². The minimum Gasteiger partial charge on any atom is -0.464 e. The first kappa shape index (κ1) is 16.1. The number of ether oxygens (including phenoxy) is 2. The molecule has 1 aliphatic heterocycles. The van der Waals surface area contributed by atoms with E-state index in [9.17, 15) is 14.7 Å². The van der Waals surface area contributed by atoms with Crippen molar-refractivity contribution < 1.29 is 24.2 Å². The molecule has 0 unspecified atom stereocenters. The molecule has 120 valence electrons. The van der Waals surface area contributed by atoms with Crippen LogP contribution in [0.1, 0.15) is 32.6 Å². The number of esters is 1. The molecule has 0 aromatic rings. The normalized spacial score (nSPS) is 32.2. The zero-order valence-electron chi connectivity index (χ0n) is 12.8. The van der Waals surface area contributed by atoms with Crippen LogP contribution in [0.5, 0.6) is 0 Å². The Hall–Kier alpha value is -1.30. The maximum Gasteiger partial charge on any atom is 0.410 e. The molecule has 1 amide bonds. The number of amides is 1. The molecule has 0 spiro atoms. The van der Waals surface area contributed by atoms with Crippen molar-refractivity contribution in [3.8, 4) is 0 Å². The van der Waals surface area contributed by atoms with E-state index in [-0.39, 0.29) is 12.6 Å². The monoisotopic (exact) mass is 299 g/mol. The van der Waals surface area contributed by atoms with Gasteiger partial charge in [0.25, 0.3) is 0 Å². The SMILES string of the molecule is CCOC(=O)[C@H]1C[C@@H]2C[C@@H](CO)CC[C@@H]2CN1C(=O)OC. The van der Waals surface area contributed by atoms with Gasteiger partial charge in [-0.3, -0.25) is 4.90 Å². The van der Waals surface area contributed by atoms with E-state index < -0.39 is 12.1 Å². The van der Waals surface area contributed by atoms with Crippen molar-refractivity contribution in [2.75, 3.05) is 26.9 Å². The van der Waals surface area contributed by atoms with E-state index in [1.807, 2.05) is 0 Å². The van der Waals surface area contributed by atoms with Crippen LogP contribution >= 0.6 is 0 Å². The van der Waals surface area contributed by atoms with Gasteiger partial charge in [0.15, 0.2) is 0 Å². The van der Waals surface area contributed by atoms with Gasteiger partial charge in [-0.1, -0.05) is 0 Å². The third kappa shape index (κ3) is 3.48. The molecule has 0 aromatic carbocycles. The molecule has 1 saturated heterocycles. The number of likely N-dealkylation sites (tertiary alicyclic amines) is 1. The van der Waals surface area contributed by atoms with Crippen molar-refractivity contribution >= 4 is 12.1 Å². The van der Waals surface area contributed by atoms with Gasteiger partial charge < -0.3 is 14.6 Å². The zero-order valence-corrected chi connectivity index (χ0v) is 12.8. The van der Waals surface area contributed by atoms with E-state index >= 15 is 0 Å². The van der Waals surface area contributed by atoms with Gasteiger partial charge in [-0.2, -0.15) is 0 Å². The summed E-state index contributed by atoms with van der Waals surface area (Å²) in [4.78, 5) is 25.6. The Morgan fingerprint density at radius 1 is 1.24 bits per heavy atom. The number of hydrogen-bond acceptors (Lipinski definition) is 5. The third-order valence-corrected chi connectivity index (χ3v) is 4.81. The number of rotatable bonds is 3. The molecule has 1 N–H and O–H groups in total. The highest BCUT2D eigenvalue weighted by Gasteiger charge is 2.44. The van der Waals surface area contributed by atoms with Gasteiger partial charge in [-0.05, 0) is 50.4 Å². The van der Waals surface area contributed by atoms with E-state index in [0.29, 0.717) is 37.3 Å². The van der Waals surface area contributed by atoms with Crippen molar-refractivity contribution in [3.63, 3.8) is 0 Å². The summed E-state index contributed by atoms with van der Waals surface area (Å²) in [6.45, 7) is 2.80. The number of hydrogen-bond donors (Lipinski definition) is 1. The lowest BCUT2D eigenvalue weighted by Gasteiger charge is -2.45. The average molecular weight is 299 g/mol. The van der Waals surface area contributed by atoms with Crippen LogP contribution in [0.4, 0.5) is 4.79 Å². The number of carbonyl (C=O) groups is 2. The summed E-state index contributed by atoms with van der Waals surface area (Å²) < 4.78 is 9.91. The average Bonchev–Trinajstić information content (AvgIpc) is 2.52. The first-order valence-electron chi connectivity index (χ1n) is 7.72. The number of piperidine rings is 1. The summed E-state index contributed by atoms with van der Waals surface area (Å²) in [5, 5.41) is 9.34. The molecule has 2 aliphatic rings. The Balaban J connectivity index is 2.11. The quantitative estimate of drug-likeness (QED) is 0.798. The molecule has 1 heterocycles. The van der Waals surface area contributed by atoms with Crippen LogP contribution in [-0.4, -0.2) is 55.0 Å². The minimum absolute atomic E-state index is 0.202. The molecule has 1 saturated carbocycles. The van der Waals surface area contributed by atoms with Gasteiger partial charge in [0, 0.05) is 13.2 Å². The molecular weight excluding hydrogens is 274 g/mol. The van der Waals surface area contributed by atoms with E-state index in [1.54, 1.807) is 6.92 Å². The smallest absolute Gasteiger partial charge is 0.410 e. The van der Waals surface area contributed by atoms with Gasteiger partial charge in [-0.15, -0.1) is 0 Å². The van der Waals surface area contributed by atoms with Crippen LogP contribution in [0, 0.1) is 17.8 Å². The standard InChI is InChI=1S/C15H25NO5/c1-3-21-14(18)13-7-12-6-10(9-17)4-5-11(12)8-16(13)15(19)20-2/h10-13,17H,3-9H2,1-2H3/t10-,11+,12-,13+/m0/s1. The molecule has 1 aliphatic carbocycles. The largest absolute Gasteiger partial charge is 0.464 e. The molecule has 6 heteroatoms. The van der Waals surface area contributed by atoms with Crippen LogP contribution < -0.4 is 0 Å². The molecule has 0 radical (unpaired) electrons. The minimum atomic E-state index is -0.559. The zero-order chi connectivity index (χ0) is 15.4. The highest BCUT2D eigenvalue weighted by Crippen LogP contribution is 2.41. The fourth-order valence-electron chi connectivity index (χ4n) is 3.69. The number of carbonyl (C=O) groups excluding carboxylic acids is 2. The van der Waals surface area contributed by atoms with Crippen LogP contribution in [-0.2, 0) is 14.3 Å². The second-order valence-corrected chi connectivity index (χ2v) is 6.01. The first-order chi connectivity index (χ1) is 10.1. The Morgan fingerprint density at radius 3 is 2.62 bits per heavy atom. The Morgan fingerprint density at radius 2 is 2.00 bits per heavy atom. The summed E-state index contributed by atoms with van der Waals surface area (Å²) in [6.07, 6.45) is 3.03. The van der Waals surface area contributed by atoms with Crippen LogP contribution in [0.25, 0.3) is 0 Å². The van der Waals surface area contributed by atoms with E-state index in [4.69, 9.17) is 9.47 Å². The van der Waals surface area contributed by atoms with Crippen LogP contribution in [0.15, 0.2) is 0 Å². The van der Waals surface area contributed by atoms with Gasteiger partial charge in [0.05, 0.1) is 13.7 Å². The summed E-state index contributed by atoms with van der Waals surface area (Å²) in [6, 6.07) is -0.559. The molecule has 21 heavy (non-hydrogen) atoms. The van der Waals surface area contributed by atoms with E-state index in [0.717, 1.165) is 19.3 Å². The predicted octanol–water partition coefficient (Wildman–Crippen LogP) is 1.42. The van der Waals surface area contributed by atoms with Gasteiger partial charge >= 0.3 is 12.1 Å². The number of nitrogens with zero attached hydrogens (tertiary/aromatic N) is 1. The van der Waals surface area contributed by atoms with Crippen LogP contribution in [0.2, 0.25) is 0 Å². The molecule has 4 atom stereocenters. The summed E-state index contributed by atoms with van der Waals surface area (Å²) >= 11 is 0. The highest BCUT2D eigenvalue weighted by molar-refractivity contribution is 5.81. The third-order valence-electron chi connectivity index (χ3n) is 4.81. The molecule has 0 bridgehead atoms. The van der Waals surface area contributed by atoms with Crippen molar-refractivity contribution in [1.82, 2.24) is 4.90 Å². The van der Waals surface area contributed by atoms with Crippen molar-refractivity contribution in [2.45, 2.75) is 38.6 Å². The number of methoxy groups -OCH3 is 1. The number of aliphatic hydroxyl groups is 1. The molecule has 2 rings (SSSR count). The summed E-state index contributed by atoms with van der Waals surface area (Å²) in [5.41, 5.74) is 0. The fourth-order valence-corrected chi connectivity index (χ4v) is 3.69. The van der Waals surface area contributed by atoms with Gasteiger partial charge in [0.2, 0.25) is 0 Å². The van der Waals surface area contributed by atoms with Gasteiger partial charge in [-0.25, -0.2) is 9.59 Å². The maximum absolute atomic E-state index is 12.1. The first-order valence-corrected chi connectivity index (χ1v) is 7.72. The van der Waals surface area contributed by atoms with Crippen molar-refractivity contribution in [2.24, 2.45) is 17.8 Å². The Kier molecular flexibility index (Phi) is 5.45.